The lowest BCUT2D eigenvalue weighted by atomic mass is 10.2. The molecule has 1 aliphatic rings. The molecule has 1 aromatic heterocycles. The van der Waals surface area contributed by atoms with Crippen LogP contribution in [0.5, 0.6) is 0 Å². The number of carbonyl (C=O) groups is 1. The zero-order valence-corrected chi connectivity index (χ0v) is 14.4. The van der Waals surface area contributed by atoms with Gasteiger partial charge in [0.2, 0.25) is 0 Å². The SMILES string of the molecule is Cc1ccc(NCc2cc3n(n2)CCN(c2ccc(F)cc2)C3=O)cc1. The van der Waals surface area contributed by atoms with E-state index in [0.717, 1.165) is 11.4 Å². The quantitative estimate of drug-likeness (QED) is 0.782. The molecule has 2 aromatic carbocycles. The zero-order valence-electron chi connectivity index (χ0n) is 14.4. The molecule has 0 aliphatic carbocycles. The fourth-order valence-electron chi connectivity index (χ4n) is 3.07. The predicted octanol–water partition coefficient (Wildman–Crippen LogP) is 3.60. The first-order valence-electron chi connectivity index (χ1n) is 8.55. The lowest BCUT2D eigenvalue weighted by molar-refractivity contribution is 0.0962. The van der Waals surface area contributed by atoms with Crippen molar-refractivity contribution in [3.8, 4) is 0 Å². The van der Waals surface area contributed by atoms with Crippen LogP contribution in [-0.2, 0) is 13.1 Å². The van der Waals surface area contributed by atoms with Crippen LogP contribution in [0, 0.1) is 12.7 Å². The number of halogens is 1. The molecular weight excluding hydrogens is 331 g/mol. The molecule has 0 bridgehead atoms. The van der Waals surface area contributed by atoms with Gasteiger partial charge < -0.3 is 10.2 Å². The first-order chi connectivity index (χ1) is 12.6. The van der Waals surface area contributed by atoms with Crippen molar-refractivity contribution in [1.29, 1.82) is 0 Å². The molecular formula is C20H19FN4O. The van der Waals surface area contributed by atoms with Gasteiger partial charge >= 0.3 is 0 Å². The van der Waals surface area contributed by atoms with Crippen LogP contribution < -0.4 is 10.2 Å². The highest BCUT2D eigenvalue weighted by Gasteiger charge is 2.27. The van der Waals surface area contributed by atoms with Gasteiger partial charge in [0.15, 0.2) is 0 Å². The standard InChI is InChI=1S/C20H19FN4O/c1-14-2-6-16(7-3-14)22-13-17-12-19-20(26)24(10-11-25(19)23-17)18-8-4-15(21)5-9-18/h2-9,12,22H,10-11,13H2,1H3. The highest BCUT2D eigenvalue weighted by molar-refractivity contribution is 6.05. The molecule has 0 atom stereocenters. The lowest BCUT2D eigenvalue weighted by Gasteiger charge is -2.27. The van der Waals surface area contributed by atoms with Crippen LogP contribution in [0.15, 0.2) is 54.6 Å². The number of hydrogen-bond acceptors (Lipinski definition) is 3. The summed E-state index contributed by atoms with van der Waals surface area (Å²) in [5.41, 5.74) is 4.29. The fourth-order valence-corrected chi connectivity index (χ4v) is 3.07. The second kappa shape index (κ2) is 6.63. The van der Waals surface area contributed by atoms with E-state index in [1.807, 2.05) is 37.3 Å². The Kier molecular flexibility index (Phi) is 4.16. The maximum Gasteiger partial charge on any atom is 0.276 e. The number of aromatic nitrogens is 2. The minimum absolute atomic E-state index is 0.114. The molecule has 5 nitrogen and oxygen atoms in total. The normalized spacial score (nSPS) is 13.6. The maximum absolute atomic E-state index is 13.1. The molecule has 0 saturated heterocycles. The molecule has 1 aliphatic heterocycles. The Balaban J connectivity index is 1.49. The average molecular weight is 350 g/mol. The van der Waals surface area contributed by atoms with Crippen LogP contribution >= 0.6 is 0 Å². The van der Waals surface area contributed by atoms with Gasteiger partial charge in [0.05, 0.1) is 18.8 Å². The van der Waals surface area contributed by atoms with Crippen LogP contribution in [0.3, 0.4) is 0 Å². The molecule has 0 spiro atoms. The Morgan fingerprint density at radius 1 is 1.08 bits per heavy atom. The van der Waals surface area contributed by atoms with Crippen molar-refractivity contribution in [2.75, 3.05) is 16.8 Å². The van der Waals surface area contributed by atoms with Crippen LogP contribution in [0.4, 0.5) is 15.8 Å². The second-order valence-electron chi connectivity index (χ2n) is 6.40. The van der Waals surface area contributed by atoms with Gasteiger partial charge in [-0.25, -0.2) is 4.39 Å². The zero-order chi connectivity index (χ0) is 18.1. The molecule has 2 heterocycles. The van der Waals surface area contributed by atoms with Gasteiger partial charge in [0.25, 0.3) is 5.91 Å². The third-order valence-electron chi connectivity index (χ3n) is 4.49. The molecule has 6 heteroatoms. The van der Waals surface area contributed by atoms with E-state index in [9.17, 15) is 9.18 Å². The summed E-state index contributed by atoms with van der Waals surface area (Å²) in [6, 6.07) is 15.9. The average Bonchev–Trinajstić information content (AvgIpc) is 3.07. The third kappa shape index (κ3) is 3.18. The number of carbonyl (C=O) groups excluding carboxylic acids is 1. The van der Waals surface area contributed by atoms with E-state index in [1.165, 1.54) is 17.7 Å². The number of benzene rings is 2. The number of fused-ring (bicyclic) bond motifs is 1. The Labute approximate surface area is 151 Å². The van der Waals surface area contributed by atoms with Crippen molar-refractivity contribution in [3.63, 3.8) is 0 Å². The molecule has 1 amide bonds. The molecule has 1 N–H and O–H groups in total. The van der Waals surface area contributed by atoms with Crippen molar-refractivity contribution in [1.82, 2.24) is 9.78 Å². The summed E-state index contributed by atoms with van der Waals surface area (Å²) in [5, 5.41) is 7.84. The number of amides is 1. The van der Waals surface area contributed by atoms with E-state index in [4.69, 9.17) is 0 Å². The molecule has 0 radical (unpaired) electrons. The van der Waals surface area contributed by atoms with Gasteiger partial charge in [-0.05, 0) is 49.4 Å². The molecule has 0 unspecified atom stereocenters. The number of hydrogen-bond donors (Lipinski definition) is 1. The summed E-state index contributed by atoms with van der Waals surface area (Å²) >= 11 is 0. The Hall–Kier alpha value is -3.15. The fraction of sp³-hybridized carbons (Fsp3) is 0.200. The Morgan fingerprint density at radius 3 is 2.54 bits per heavy atom. The lowest BCUT2D eigenvalue weighted by Crippen LogP contribution is -2.40. The second-order valence-corrected chi connectivity index (χ2v) is 6.40. The maximum atomic E-state index is 13.1. The molecule has 0 fully saturated rings. The summed E-state index contributed by atoms with van der Waals surface area (Å²) in [6.45, 7) is 3.73. The summed E-state index contributed by atoms with van der Waals surface area (Å²) in [6.07, 6.45) is 0. The molecule has 4 rings (SSSR count). The number of nitrogens with one attached hydrogen (secondary N) is 1. The Morgan fingerprint density at radius 2 is 1.81 bits per heavy atom. The van der Waals surface area contributed by atoms with Gasteiger partial charge in [-0.3, -0.25) is 9.48 Å². The molecule has 26 heavy (non-hydrogen) atoms. The number of rotatable bonds is 4. The van der Waals surface area contributed by atoms with Crippen LogP contribution in [0.1, 0.15) is 21.7 Å². The van der Waals surface area contributed by atoms with Crippen LogP contribution in [0.25, 0.3) is 0 Å². The summed E-state index contributed by atoms with van der Waals surface area (Å²) < 4.78 is 14.9. The number of nitrogens with zero attached hydrogens (tertiary/aromatic N) is 3. The van der Waals surface area contributed by atoms with Crippen molar-refractivity contribution in [2.45, 2.75) is 20.0 Å². The van der Waals surface area contributed by atoms with Crippen LogP contribution in [0.2, 0.25) is 0 Å². The Bertz CT molecular complexity index is 931. The number of aryl methyl sites for hydroxylation is 1. The van der Waals surface area contributed by atoms with Gasteiger partial charge in [-0.2, -0.15) is 5.10 Å². The van der Waals surface area contributed by atoms with Gasteiger partial charge in [0, 0.05) is 17.9 Å². The van der Waals surface area contributed by atoms with E-state index in [1.54, 1.807) is 21.7 Å². The van der Waals surface area contributed by atoms with Crippen molar-refractivity contribution in [2.24, 2.45) is 0 Å². The first kappa shape index (κ1) is 16.3. The van der Waals surface area contributed by atoms with E-state index >= 15 is 0 Å². The smallest absolute Gasteiger partial charge is 0.276 e. The highest BCUT2D eigenvalue weighted by atomic mass is 19.1. The monoisotopic (exact) mass is 350 g/mol. The van der Waals surface area contributed by atoms with Gasteiger partial charge in [0.1, 0.15) is 11.5 Å². The molecule has 0 saturated carbocycles. The summed E-state index contributed by atoms with van der Waals surface area (Å²) in [5.74, 6) is -0.426. The van der Waals surface area contributed by atoms with Gasteiger partial charge in [-0.15, -0.1) is 0 Å². The van der Waals surface area contributed by atoms with Gasteiger partial charge in [-0.1, -0.05) is 17.7 Å². The summed E-state index contributed by atoms with van der Waals surface area (Å²) in [7, 11) is 0. The third-order valence-corrected chi connectivity index (χ3v) is 4.49. The molecule has 3 aromatic rings. The minimum atomic E-state index is -0.312. The predicted molar refractivity (Wildman–Crippen MR) is 98.8 cm³/mol. The van der Waals surface area contributed by atoms with E-state index in [-0.39, 0.29) is 11.7 Å². The number of anilines is 2. The van der Waals surface area contributed by atoms with E-state index < -0.39 is 0 Å². The highest BCUT2D eigenvalue weighted by Crippen LogP contribution is 2.22. The summed E-state index contributed by atoms with van der Waals surface area (Å²) in [4.78, 5) is 14.4. The first-order valence-corrected chi connectivity index (χ1v) is 8.55. The molecule has 132 valence electrons. The largest absolute Gasteiger partial charge is 0.379 e. The minimum Gasteiger partial charge on any atom is -0.379 e. The van der Waals surface area contributed by atoms with E-state index in [2.05, 4.69) is 10.4 Å². The van der Waals surface area contributed by atoms with Crippen LogP contribution in [-0.4, -0.2) is 22.2 Å². The topological polar surface area (TPSA) is 50.2 Å². The van der Waals surface area contributed by atoms with Crippen molar-refractivity contribution in [3.05, 3.63) is 77.4 Å². The van der Waals surface area contributed by atoms with E-state index in [0.29, 0.717) is 31.0 Å². The van der Waals surface area contributed by atoms with Crippen molar-refractivity contribution < 1.29 is 9.18 Å². The van der Waals surface area contributed by atoms with Crippen molar-refractivity contribution >= 4 is 17.3 Å².